The van der Waals surface area contributed by atoms with Gasteiger partial charge in [0.05, 0.1) is 10.7 Å². The van der Waals surface area contributed by atoms with Crippen LogP contribution in [0.2, 0.25) is 0 Å². The minimum absolute atomic E-state index is 0.0938. The lowest BCUT2D eigenvalue weighted by Gasteiger charge is -2.63. The normalized spacial score (nSPS) is 19.5. The van der Waals surface area contributed by atoms with Gasteiger partial charge < -0.3 is 8.63 Å². The number of hydrogen-bond acceptors (Lipinski definition) is 3. The van der Waals surface area contributed by atoms with Crippen molar-refractivity contribution in [3.8, 4) is 0 Å². The highest BCUT2D eigenvalue weighted by molar-refractivity contribution is 7.90. The van der Waals surface area contributed by atoms with Gasteiger partial charge in [-0.05, 0) is 44.5 Å². The van der Waals surface area contributed by atoms with E-state index in [1.54, 1.807) is 0 Å². The van der Waals surface area contributed by atoms with Crippen molar-refractivity contribution < 1.29 is 12.6 Å². The Balaban J connectivity index is 0.000000139. The molecule has 10 aliphatic heterocycles. The molecule has 0 aliphatic carbocycles. The molecule has 18 rings (SSSR count). The Bertz CT molecular complexity index is 4420. The molecule has 0 bridgehead atoms. The van der Waals surface area contributed by atoms with Gasteiger partial charge in [-0.15, -0.1) is 46.4 Å². The summed E-state index contributed by atoms with van der Waals surface area (Å²) in [7, 11) is 25.0. The van der Waals surface area contributed by atoms with Crippen molar-refractivity contribution in [1.82, 2.24) is 21.5 Å². The van der Waals surface area contributed by atoms with Crippen LogP contribution in [-0.4, -0.2) is 147 Å². The summed E-state index contributed by atoms with van der Waals surface area (Å²) in [4.78, 5) is 0. The molecule has 0 aromatic heterocycles. The molecule has 0 unspecified atom stereocenters. The predicted octanol–water partition coefficient (Wildman–Crippen LogP) is 10.9. The van der Waals surface area contributed by atoms with Crippen molar-refractivity contribution in [2.24, 2.45) is 0 Å². The van der Waals surface area contributed by atoms with Crippen LogP contribution in [0.4, 0.5) is 8.63 Å². The molecule has 8 aromatic carbocycles. The predicted molar refractivity (Wildman–Crippen MR) is 458 cm³/mol. The zero-order valence-corrected chi connectivity index (χ0v) is 71.7. The Morgan fingerprint density at radius 1 is 0.308 bits per heavy atom. The van der Waals surface area contributed by atoms with Crippen molar-refractivity contribution in [1.29, 1.82) is 0 Å². The summed E-state index contributed by atoms with van der Waals surface area (Å²) in [6.07, 6.45) is -5.22. The average molecular weight is 1510 g/mol. The summed E-state index contributed by atoms with van der Waals surface area (Å²) in [6, 6.07) is 45.7. The molecule has 104 heavy (non-hydrogen) atoms. The van der Waals surface area contributed by atoms with Gasteiger partial charge in [0, 0.05) is 114 Å². The van der Waals surface area contributed by atoms with Crippen LogP contribution in [0.1, 0.15) is 200 Å². The van der Waals surface area contributed by atoms with Gasteiger partial charge >= 0.3 is 0 Å². The molecule has 0 amide bonds. The number of benzene rings is 8. The van der Waals surface area contributed by atoms with Crippen molar-refractivity contribution >= 4 is 161 Å². The molecule has 0 saturated heterocycles. The van der Waals surface area contributed by atoms with Gasteiger partial charge in [0.1, 0.15) is 14.1 Å². The topological polar surface area (TPSA) is 19.2 Å². The van der Waals surface area contributed by atoms with Crippen LogP contribution in [0.25, 0.3) is 0 Å². The van der Waals surface area contributed by atoms with Crippen LogP contribution in [0.5, 0.6) is 0 Å². The molecule has 18 heteroatoms. The lowest BCUT2D eigenvalue weighted by molar-refractivity contribution is -0.441. The van der Waals surface area contributed by atoms with Crippen LogP contribution >= 0.6 is 46.4 Å². The van der Waals surface area contributed by atoms with Crippen LogP contribution in [0, 0.1) is 0 Å². The summed E-state index contributed by atoms with van der Waals surface area (Å²) in [5, 5.41) is 0.389. The molecule has 10 aliphatic rings. The Labute approximate surface area is 649 Å². The van der Waals surface area contributed by atoms with Crippen molar-refractivity contribution in [2.45, 2.75) is 154 Å². The molecule has 0 radical (unpaired) electrons. The lowest BCUT2D eigenvalue weighted by Crippen LogP contribution is -2.89. The highest BCUT2D eigenvalue weighted by Gasteiger charge is 2.63. The fourth-order valence-corrected chi connectivity index (χ4v) is 26.7. The standard InChI is InChI=1S/2C36H34B2F.2C6H18N3S.2CH2Cl2/c2*1-33(2)19-11-9-12-20-27(19)37-28-21(33)15-17-25-31(28)38(39)30-23(35(25,5)6)13-10-14-24(30)36(7,8)26-18-16-22(34(20,3)4)29(37)32(26)38;2*1-7(2)10(8(3)4)9(5)6;2*2-1-3/h2*9-18H,1-8H3;2*1-6H3;2*1H2/q2*-1;2*+1;;. The summed E-state index contributed by atoms with van der Waals surface area (Å²) in [5.41, 5.74) is 32.7. The zero-order chi connectivity index (χ0) is 76.5. The third kappa shape index (κ3) is 10.1. The van der Waals surface area contributed by atoms with Gasteiger partial charge in [0.15, 0.2) is 11.1 Å². The first-order chi connectivity index (χ1) is 48.3. The number of alkyl halides is 4. The fourth-order valence-electron chi connectivity index (χ4n) is 22.8. The van der Waals surface area contributed by atoms with Crippen molar-refractivity contribution in [2.75, 3.05) is 95.3 Å². The van der Waals surface area contributed by atoms with Gasteiger partial charge in [0.25, 0.3) is 11.5 Å². The van der Waals surface area contributed by atoms with Crippen molar-refractivity contribution in [3.63, 3.8) is 0 Å². The van der Waals surface area contributed by atoms with Gasteiger partial charge in [-0.2, -0.15) is 45.3 Å². The Morgan fingerprint density at radius 2 is 0.471 bits per heavy atom. The van der Waals surface area contributed by atoms with Gasteiger partial charge in [0.2, 0.25) is 26.3 Å². The molecular weight excluding hydrogens is 1400 g/mol. The van der Waals surface area contributed by atoms with Crippen LogP contribution in [0.3, 0.4) is 0 Å². The molecule has 10 heterocycles. The molecule has 0 N–H and O–H groups in total. The first-order valence-corrected chi connectivity index (χ1v) is 41.4. The summed E-state index contributed by atoms with van der Waals surface area (Å²) in [5.74, 6) is 0. The molecular formula is C86H108B4Cl4F2N6S2. The second-order valence-corrected chi connectivity index (χ2v) is 42.9. The van der Waals surface area contributed by atoms with E-state index in [9.17, 15) is 0 Å². The van der Waals surface area contributed by atoms with Crippen LogP contribution < -0.4 is 65.6 Å². The minimum atomic E-state index is -2.61. The smallest absolute Gasteiger partial charge is 0.266 e. The maximum atomic E-state index is 19.2. The highest BCUT2D eigenvalue weighted by Crippen LogP contribution is 2.52. The van der Waals surface area contributed by atoms with E-state index in [0.29, 0.717) is 0 Å². The number of halogens is 6. The SMILES string of the molecule is CC1(C)c2cccc3c2B2c4c1ccc1c4[B-]4(F)c5c(cccc5C(C)(C)c5ccc(c2c54)C3(C)C)C1(C)C.CC1(C)c2cccc3c2B2c4c1ccc1c4[B-]4(F)c5c(cccc5C(C)(C)c5ccc(c2c54)C3(C)C)C1(C)C.CN(C)S(N(C)C)=[N+](C)C.CN(C)[S+](N(C)C)N(C)C.ClCCl.ClCCl. The van der Waals surface area contributed by atoms with E-state index in [1.807, 2.05) is 0 Å². The molecule has 0 atom stereocenters. The van der Waals surface area contributed by atoms with Gasteiger partial charge in [-0.25, -0.2) is 0 Å². The maximum Gasteiger partial charge on any atom is 0.266 e. The van der Waals surface area contributed by atoms with E-state index >= 15 is 8.63 Å². The molecule has 0 fully saturated rings. The van der Waals surface area contributed by atoms with Gasteiger partial charge in [-0.3, -0.25) is 0 Å². The molecule has 8 aromatic rings. The van der Waals surface area contributed by atoms with E-state index in [0.717, 1.165) is 32.8 Å². The zero-order valence-electron chi connectivity index (χ0n) is 67.0. The third-order valence-corrected chi connectivity index (χ3v) is 30.3. The minimum Gasteiger partial charge on any atom is -0.498 e. The van der Waals surface area contributed by atoms with E-state index < -0.39 is 12.8 Å². The molecule has 0 saturated carbocycles. The molecule has 6 nitrogen and oxygen atoms in total. The number of rotatable bonds is 5. The van der Waals surface area contributed by atoms with E-state index in [2.05, 4.69) is 342 Å². The van der Waals surface area contributed by atoms with Crippen LogP contribution in [-0.2, 0) is 65.8 Å². The Kier molecular flexibility index (Phi) is 19.0. The van der Waals surface area contributed by atoms with Crippen molar-refractivity contribution in [3.05, 3.63) is 210 Å². The van der Waals surface area contributed by atoms with E-state index in [-0.39, 0.29) is 89.9 Å². The molecule has 548 valence electrons. The largest absolute Gasteiger partial charge is 0.498 e. The summed E-state index contributed by atoms with van der Waals surface area (Å²) in [6.45, 7) is 37.7. The van der Waals surface area contributed by atoms with E-state index in [1.165, 1.54) is 122 Å². The average Bonchev–Trinajstić information content (AvgIpc) is 0.644. The maximum absolute atomic E-state index is 19.2. The molecule has 0 spiro atoms. The Morgan fingerprint density at radius 3 is 0.635 bits per heavy atom. The van der Waals surface area contributed by atoms with Gasteiger partial charge in [-0.1, -0.05) is 322 Å². The number of nitrogens with zero attached hydrogens (tertiary/aromatic N) is 6. The second kappa shape index (κ2) is 25.5. The van der Waals surface area contributed by atoms with E-state index in [4.69, 9.17) is 46.4 Å². The van der Waals surface area contributed by atoms with Crippen LogP contribution in [0.15, 0.2) is 121 Å². The quantitative estimate of drug-likeness (QED) is 0.0738. The second-order valence-electron chi connectivity index (χ2n) is 36.0. The summed E-state index contributed by atoms with van der Waals surface area (Å²) < 4.78 is 51.6. The Hall–Kier alpha value is -4.66. The third-order valence-electron chi connectivity index (χ3n) is 26.4. The lowest BCUT2D eigenvalue weighted by atomic mass is 9.11. The first kappa shape index (κ1) is 77.5. The monoisotopic (exact) mass is 1510 g/mol. The summed E-state index contributed by atoms with van der Waals surface area (Å²) >= 11 is 19.3. The first-order valence-electron chi connectivity index (χ1n) is 37.1. The number of hydrogen-bond donors (Lipinski definition) is 0. The highest BCUT2D eigenvalue weighted by atomic mass is 35.5. The fraction of sp³-hybridized carbons (Fsp3) is 0.442.